The maximum atomic E-state index is 13.3. The van der Waals surface area contributed by atoms with E-state index in [1.54, 1.807) is 12.1 Å². The van der Waals surface area contributed by atoms with Crippen LogP contribution in [0.5, 0.6) is 0 Å². The van der Waals surface area contributed by atoms with Crippen LogP contribution in [0.4, 0.5) is 4.39 Å². The van der Waals surface area contributed by atoms with Crippen LogP contribution in [0.15, 0.2) is 18.2 Å². The number of hydrogen-bond acceptors (Lipinski definition) is 1. The van der Waals surface area contributed by atoms with E-state index in [2.05, 4.69) is 12.2 Å². The molecule has 0 bridgehead atoms. The molecule has 0 amide bonds. The van der Waals surface area contributed by atoms with Crippen LogP contribution in [0.25, 0.3) is 0 Å². The average Bonchev–Trinajstić information content (AvgIpc) is 2.23. The van der Waals surface area contributed by atoms with Crippen molar-refractivity contribution in [3.8, 4) is 0 Å². The van der Waals surface area contributed by atoms with Gasteiger partial charge >= 0.3 is 0 Å². The van der Waals surface area contributed by atoms with Crippen molar-refractivity contribution >= 4 is 23.2 Å². The molecule has 1 N–H and O–H groups in total. The first-order valence-corrected chi connectivity index (χ1v) is 6.25. The molecule has 4 heteroatoms. The second kappa shape index (κ2) is 7.10. The third-order valence-corrected chi connectivity index (χ3v) is 2.87. The molecule has 0 saturated carbocycles. The van der Waals surface area contributed by atoms with Crippen LogP contribution in [0.1, 0.15) is 18.9 Å². The van der Waals surface area contributed by atoms with Crippen LogP contribution in [-0.4, -0.2) is 12.4 Å². The lowest BCUT2D eigenvalue weighted by Gasteiger charge is -2.11. The van der Waals surface area contributed by atoms with Crippen molar-refractivity contribution < 1.29 is 4.39 Å². The van der Waals surface area contributed by atoms with Gasteiger partial charge in [-0.2, -0.15) is 0 Å². The molecular weight excluding hydrogens is 248 g/mol. The minimum atomic E-state index is -0.220. The number of halogens is 3. The summed E-state index contributed by atoms with van der Waals surface area (Å²) in [6.07, 6.45) is 0.965. The van der Waals surface area contributed by atoms with Gasteiger partial charge < -0.3 is 5.32 Å². The zero-order valence-electron chi connectivity index (χ0n) is 9.27. The highest BCUT2D eigenvalue weighted by Gasteiger charge is 2.04. The molecule has 0 heterocycles. The quantitative estimate of drug-likeness (QED) is 0.770. The van der Waals surface area contributed by atoms with Gasteiger partial charge in [-0.15, -0.1) is 11.6 Å². The fourth-order valence-corrected chi connectivity index (χ4v) is 1.99. The monoisotopic (exact) mass is 263 g/mol. The summed E-state index contributed by atoms with van der Waals surface area (Å²) in [5.41, 5.74) is 0.602. The van der Waals surface area contributed by atoms with Gasteiger partial charge in [-0.3, -0.25) is 0 Å². The van der Waals surface area contributed by atoms with Gasteiger partial charge in [-0.25, -0.2) is 4.39 Å². The SMILES string of the molecule is CC(CCCl)CNCc1cc(Cl)ccc1F. The zero-order chi connectivity index (χ0) is 12.0. The lowest BCUT2D eigenvalue weighted by molar-refractivity contribution is 0.494. The Morgan fingerprint density at radius 2 is 2.19 bits per heavy atom. The fraction of sp³-hybridized carbons (Fsp3) is 0.500. The van der Waals surface area contributed by atoms with Gasteiger partial charge in [-0.05, 0) is 37.1 Å². The second-order valence-electron chi connectivity index (χ2n) is 3.95. The summed E-state index contributed by atoms with van der Waals surface area (Å²) in [5.74, 6) is 0.940. The molecule has 0 aliphatic rings. The van der Waals surface area contributed by atoms with Crippen molar-refractivity contribution in [2.24, 2.45) is 5.92 Å². The Morgan fingerprint density at radius 3 is 2.88 bits per heavy atom. The van der Waals surface area contributed by atoms with Gasteiger partial charge in [0.2, 0.25) is 0 Å². The summed E-state index contributed by atoms with van der Waals surface area (Å²) >= 11 is 11.4. The van der Waals surface area contributed by atoms with E-state index in [9.17, 15) is 4.39 Å². The largest absolute Gasteiger partial charge is 0.312 e. The molecule has 0 aliphatic heterocycles. The van der Waals surface area contributed by atoms with Crippen molar-refractivity contribution in [1.82, 2.24) is 5.32 Å². The van der Waals surface area contributed by atoms with Crippen LogP contribution in [0.2, 0.25) is 5.02 Å². The Labute approximate surface area is 106 Å². The molecule has 0 aromatic heterocycles. The first-order chi connectivity index (χ1) is 7.63. The third-order valence-electron chi connectivity index (χ3n) is 2.42. The molecule has 0 aliphatic carbocycles. The molecule has 1 unspecified atom stereocenters. The Bertz CT molecular complexity index is 331. The fourth-order valence-electron chi connectivity index (χ4n) is 1.42. The summed E-state index contributed by atoms with van der Waals surface area (Å²) in [6, 6.07) is 4.59. The van der Waals surface area contributed by atoms with Crippen LogP contribution < -0.4 is 5.32 Å². The topological polar surface area (TPSA) is 12.0 Å². The summed E-state index contributed by atoms with van der Waals surface area (Å²) in [6.45, 7) is 3.45. The van der Waals surface area contributed by atoms with Crippen LogP contribution >= 0.6 is 23.2 Å². The van der Waals surface area contributed by atoms with Crippen molar-refractivity contribution in [1.29, 1.82) is 0 Å². The van der Waals surface area contributed by atoms with Gasteiger partial charge in [0.25, 0.3) is 0 Å². The number of nitrogens with one attached hydrogen (secondary N) is 1. The van der Waals surface area contributed by atoms with E-state index >= 15 is 0 Å². The summed E-state index contributed by atoms with van der Waals surface area (Å²) < 4.78 is 13.3. The van der Waals surface area contributed by atoms with E-state index in [0.717, 1.165) is 13.0 Å². The molecule has 1 aromatic carbocycles. The first kappa shape index (κ1) is 13.8. The van der Waals surface area contributed by atoms with E-state index in [-0.39, 0.29) is 5.82 Å². The van der Waals surface area contributed by atoms with Crippen LogP contribution in [-0.2, 0) is 6.54 Å². The number of alkyl halides is 1. The Balaban J connectivity index is 2.39. The summed E-state index contributed by atoms with van der Waals surface area (Å²) in [7, 11) is 0. The van der Waals surface area contributed by atoms with Crippen LogP contribution in [0, 0.1) is 11.7 Å². The number of rotatable bonds is 6. The van der Waals surface area contributed by atoms with E-state index in [0.29, 0.717) is 28.9 Å². The molecule has 16 heavy (non-hydrogen) atoms. The maximum Gasteiger partial charge on any atom is 0.127 e. The normalized spacial score (nSPS) is 12.8. The zero-order valence-corrected chi connectivity index (χ0v) is 10.8. The van der Waals surface area contributed by atoms with E-state index in [1.165, 1.54) is 6.07 Å². The van der Waals surface area contributed by atoms with Crippen LogP contribution in [0.3, 0.4) is 0 Å². The van der Waals surface area contributed by atoms with Gasteiger partial charge in [0, 0.05) is 23.0 Å². The average molecular weight is 264 g/mol. The molecule has 0 fully saturated rings. The molecule has 90 valence electrons. The number of benzene rings is 1. The molecule has 0 radical (unpaired) electrons. The standard InChI is InChI=1S/C12H16Cl2FN/c1-9(4-5-13)7-16-8-10-6-11(14)2-3-12(10)15/h2-3,6,9,16H,4-5,7-8H2,1H3. The molecule has 1 rings (SSSR count). The van der Waals surface area contributed by atoms with Crippen molar-refractivity contribution in [2.75, 3.05) is 12.4 Å². The predicted molar refractivity (Wildman–Crippen MR) is 67.6 cm³/mol. The van der Waals surface area contributed by atoms with Crippen molar-refractivity contribution in [3.63, 3.8) is 0 Å². The third kappa shape index (κ3) is 4.69. The molecule has 1 nitrogen and oxygen atoms in total. The van der Waals surface area contributed by atoms with Crippen molar-refractivity contribution in [3.05, 3.63) is 34.6 Å². The number of hydrogen-bond donors (Lipinski definition) is 1. The second-order valence-corrected chi connectivity index (χ2v) is 4.76. The highest BCUT2D eigenvalue weighted by molar-refractivity contribution is 6.30. The first-order valence-electron chi connectivity index (χ1n) is 5.34. The van der Waals surface area contributed by atoms with Gasteiger partial charge in [0.15, 0.2) is 0 Å². The van der Waals surface area contributed by atoms with Gasteiger partial charge in [-0.1, -0.05) is 18.5 Å². The van der Waals surface area contributed by atoms with E-state index in [1.807, 2.05) is 0 Å². The van der Waals surface area contributed by atoms with Gasteiger partial charge in [0.05, 0.1) is 0 Å². The Hall–Kier alpha value is -0.310. The smallest absolute Gasteiger partial charge is 0.127 e. The highest BCUT2D eigenvalue weighted by Crippen LogP contribution is 2.14. The Kier molecular flexibility index (Phi) is 6.10. The molecule has 1 atom stereocenters. The van der Waals surface area contributed by atoms with Crippen molar-refractivity contribution in [2.45, 2.75) is 19.9 Å². The summed E-state index contributed by atoms with van der Waals surface area (Å²) in [5, 5.41) is 3.76. The Morgan fingerprint density at radius 1 is 1.44 bits per heavy atom. The predicted octanol–water partition coefficient (Wildman–Crippen LogP) is 3.83. The lowest BCUT2D eigenvalue weighted by atomic mass is 10.1. The lowest BCUT2D eigenvalue weighted by Crippen LogP contribution is -2.21. The molecule has 1 aromatic rings. The minimum Gasteiger partial charge on any atom is -0.312 e. The van der Waals surface area contributed by atoms with E-state index in [4.69, 9.17) is 23.2 Å². The minimum absolute atomic E-state index is 0.220. The van der Waals surface area contributed by atoms with Gasteiger partial charge in [0.1, 0.15) is 5.82 Å². The highest BCUT2D eigenvalue weighted by atomic mass is 35.5. The summed E-state index contributed by atoms with van der Waals surface area (Å²) in [4.78, 5) is 0. The molecule has 0 spiro atoms. The molecular formula is C12H16Cl2FN. The maximum absolute atomic E-state index is 13.3. The van der Waals surface area contributed by atoms with E-state index < -0.39 is 0 Å². The molecule has 0 saturated heterocycles.